The lowest BCUT2D eigenvalue weighted by atomic mass is 9.95. The standard InChI is InChI=1S/C33H32F3N5O3/c1-3-21-17-43-11-10-41(21)31-25-15-37-29(24-13-22(42)12-19-6-7-26(35)23(4-2)27(19)24)28(36)30(25)38-32(39-31)44-18-33-8-5-9-40(33)16-20(34)14-33/h2,6-7,12-13,15,20-21,42H,3,5,8-11,14,16-18H2,1H3/t20-,21-,33+/m1/s1. The number of aromatic nitrogens is 3. The molecule has 44 heavy (non-hydrogen) atoms. The van der Waals surface area contributed by atoms with Gasteiger partial charge in [-0.2, -0.15) is 9.97 Å². The summed E-state index contributed by atoms with van der Waals surface area (Å²) in [5.41, 5.74) is -0.564. The van der Waals surface area contributed by atoms with Gasteiger partial charge in [0.15, 0.2) is 5.82 Å². The molecule has 3 saturated heterocycles. The number of fused-ring (bicyclic) bond motifs is 3. The number of nitrogens with zero attached hydrogens (tertiary/aromatic N) is 5. The molecule has 0 saturated carbocycles. The average molecular weight is 604 g/mol. The van der Waals surface area contributed by atoms with E-state index in [9.17, 15) is 13.9 Å². The third kappa shape index (κ3) is 4.68. The number of phenolic OH excluding ortho intramolecular Hbond substituents is 1. The maximum absolute atomic E-state index is 16.7. The highest BCUT2D eigenvalue weighted by molar-refractivity contribution is 6.03. The topological polar surface area (TPSA) is 83.8 Å². The molecule has 11 heteroatoms. The normalized spacial score (nSPS) is 23.8. The van der Waals surface area contributed by atoms with Gasteiger partial charge in [0.2, 0.25) is 0 Å². The molecular weight excluding hydrogens is 571 g/mol. The Balaban J connectivity index is 1.39. The van der Waals surface area contributed by atoms with E-state index >= 15 is 4.39 Å². The fourth-order valence-electron chi connectivity index (χ4n) is 7.17. The summed E-state index contributed by atoms with van der Waals surface area (Å²) in [6.07, 6.45) is 9.12. The van der Waals surface area contributed by atoms with E-state index in [0.717, 1.165) is 25.8 Å². The van der Waals surface area contributed by atoms with E-state index in [4.69, 9.17) is 20.9 Å². The lowest BCUT2D eigenvalue weighted by molar-refractivity contribution is 0.0921. The molecule has 2 aromatic carbocycles. The molecule has 228 valence electrons. The van der Waals surface area contributed by atoms with E-state index in [1.165, 1.54) is 30.5 Å². The number of morpholine rings is 1. The monoisotopic (exact) mass is 603 g/mol. The molecule has 0 aliphatic carbocycles. The third-order valence-electron chi connectivity index (χ3n) is 9.30. The van der Waals surface area contributed by atoms with Crippen LogP contribution in [0.1, 0.15) is 38.2 Å². The molecule has 8 nitrogen and oxygen atoms in total. The summed E-state index contributed by atoms with van der Waals surface area (Å²) >= 11 is 0. The predicted octanol–water partition coefficient (Wildman–Crippen LogP) is 5.38. The zero-order valence-electron chi connectivity index (χ0n) is 24.3. The Morgan fingerprint density at radius 3 is 2.91 bits per heavy atom. The maximum Gasteiger partial charge on any atom is 0.319 e. The first kappa shape index (κ1) is 28.6. The first-order chi connectivity index (χ1) is 21.3. The Morgan fingerprint density at radius 1 is 1.23 bits per heavy atom. The van der Waals surface area contributed by atoms with Crippen molar-refractivity contribution < 1.29 is 27.8 Å². The van der Waals surface area contributed by atoms with Crippen LogP contribution in [0.15, 0.2) is 30.5 Å². The van der Waals surface area contributed by atoms with Gasteiger partial charge < -0.3 is 19.5 Å². The fourth-order valence-corrected chi connectivity index (χ4v) is 7.17. The number of ether oxygens (including phenoxy) is 2. The molecule has 0 amide bonds. The second kappa shape index (κ2) is 11.1. The van der Waals surface area contributed by atoms with Gasteiger partial charge in [0.05, 0.1) is 35.7 Å². The van der Waals surface area contributed by atoms with Crippen LogP contribution in [-0.2, 0) is 4.74 Å². The first-order valence-corrected chi connectivity index (χ1v) is 15.0. The van der Waals surface area contributed by atoms with Gasteiger partial charge in [-0.3, -0.25) is 9.88 Å². The zero-order valence-corrected chi connectivity index (χ0v) is 24.3. The summed E-state index contributed by atoms with van der Waals surface area (Å²) in [6.45, 7) is 4.88. The molecule has 2 aromatic heterocycles. The van der Waals surface area contributed by atoms with Crippen molar-refractivity contribution in [3.63, 3.8) is 0 Å². The lowest BCUT2D eigenvalue weighted by Gasteiger charge is -2.36. The highest BCUT2D eigenvalue weighted by Crippen LogP contribution is 2.42. The second-order valence-electron chi connectivity index (χ2n) is 11.9. The van der Waals surface area contributed by atoms with Gasteiger partial charge in [-0.15, -0.1) is 6.42 Å². The minimum Gasteiger partial charge on any atom is -0.508 e. The third-order valence-corrected chi connectivity index (χ3v) is 9.30. The number of hydrogen-bond donors (Lipinski definition) is 1. The minimum absolute atomic E-state index is 0.0142. The molecule has 4 aromatic rings. The van der Waals surface area contributed by atoms with Crippen LogP contribution in [0.2, 0.25) is 0 Å². The Hall–Kier alpha value is -4.14. The highest BCUT2D eigenvalue weighted by atomic mass is 19.1. The number of alkyl halides is 1. The number of terminal acetylenes is 1. The van der Waals surface area contributed by atoms with Crippen LogP contribution in [0.3, 0.4) is 0 Å². The number of rotatable bonds is 6. The summed E-state index contributed by atoms with van der Waals surface area (Å²) in [5, 5.41) is 11.6. The van der Waals surface area contributed by atoms with Crippen LogP contribution >= 0.6 is 0 Å². The van der Waals surface area contributed by atoms with Crippen LogP contribution in [0, 0.1) is 24.0 Å². The van der Waals surface area contributed by atoms with Gasteiger partial charge in [-0.25, -0.2) is 13.2 Å². The van der Waals surface area contributed by atoms with E-state index in [-0.39, 0.29) is 52.1 Å². The van der Waals surface area contributed by atoms with Crippen LogP contribution in [0.5, 0.6) is 11.8 Å². The number of aromatic hydroxyl groups is 1. The Labute approximate surface area is 252 Å². The molecule has 3 atom stereocenters. The van der Waals surface area contributed by atoms with Gasteiger partial charge in [-0.05, 0) is 49.4 Å². The van der Waals surface area contributed by atoms with Gasteiger partial charge in [-0.1, -0.05) is 18.9 Å². The molecule has 3 aliphatic heterocycles. The molecule has 0 unspecified atom stereocenters. The second-order valence-corrected chi connectivity index (χ2v) is 11.9. The molecular formula is C33H32F3N5O3. The van der Waals surface area contributed by atoms with Crippen molar-refractivity contribution in [1.29, 1.82) is 0 Å². The summed E-state index contributed by atoms with van der Waals surface area (Å²) in [5.74, 6) is 1.23. The first-order valence-electron chi connectivity index (χ1n) is 15.0. The molecule has 5 heterocycles. The van der Waals surface area contributed by atoms with Crippen LogP contribution in [0.25, 0.3) is 32.9 Å². The Kier molecular flexibility index (Phi) is 7.22. The Bertz CT molecular complexity index is 1810. The zero-order chi connectivity index (χ0) is 30.6. The van der Waals surface area contributed by atoms with Crippen LogP contribution in [0.4, 0.5) is 19.0 Å². The predicted molar refractivity (Wildman–Crippen MR) is 161 cm³/mol. The number of hydrogen-bond acceptors (Lipinski definition) is 8. The maximum atomic E-state index is 16.7. The van der Waals surface area contributed by atoms with Gasteiger partial charge >= 0.3 is 6.01 Å². The van der Waals surface area contributed by atoms with E-state index in [0.29, 0.717) is 49.3 Å². The number of halogens is 3. The minimum atomic E-state index is -0.924. The van der Waals surface area contributed by atoms with Crippen molar-refractivity contribution in [3.8, 4) is 35.4 Å². The molecule has 0 spiro atoms. The van der Waals surface area contributed by atoms with E-state index in [1.807, 2.05) is 6.92 Å². The van der Waals surface area contributed by atoms with Crippen molar-refractivity contribution in [2.75, 3.05) is 44.4 Å². The highest BCUT2D eigenvalue weighted by Gasteiger charge is 2.49. The summed E-state index contributed by atoms with van der Waals surface area (Å²) in [6, 6.07) is 5.39. The smallest absolute Gasteiger partial charge is 0.319 e. The van der Waals surface area contributed by atoms with Crippen molar-refractivity contribution >= 4 is 27.5 Å². The molecule has 7 rings (SSSR count). The molecule has 3 aliphatic rings. The van der Waals surface area contributed by atoms with E-state index < -0.39 is 23.3 Å². The summed E-state index contributed by atoms with van der Waals surface area (Å²) in [7, 11) is 0. The largest absolute Gasteiger partial charge is 0.508 e. The quantitative estimate of drug-likeness (QED) is 0.294. The van der Waals surface area contributed by atoms with E-state index in [2.05, 4.69) is 25.7 Å². The number of benzene rings is 2. The average Bonchev–Trinajstić information content (AvgIpc) is 3.55. The van der Waals surface area contributed by atoms with Crippen LogP contribution < -0.4 is 9.64 Å². The lowest BCUT2D eigenvalue weighted by Crippen LogP contribution is -2.46. The van der Waals surface area contributed by atoms with Gasteiger partial charge in [0.1, 0.15) is 41.4 Å². The Morgan fingerprint density at radius 2 is 2.09 bits per heavy atom. The van der Waals surface area contributed by atoms with Crippen molar-refractivity contribution in [2.24, 2.45) is 0 Å². The number of anilines is 1. The molecule has 0 bridgehead atoms. The molecule has 0 radical (unpaired) electrons. The number of phenols is 1. The van der Waals surface area contributed by atoms with Gasteiger partial charge in [0.25, 0.3) is 0 Å². The van der Waals surface area contributed by atoms with E-state index in [1.54, 1.807) is 0 Å². The molecule has 1 N–H and O–H groups in total. The summed E-state index contributed by atoms with van der Waals surface area (Å²) < 4.78 is 57.8. The molecule has 3 fully saturated rings. The van der Waals surface area contributed by atoms with Crippen molar-refractivity contribution in [1.82, 2.24) is 19.9 Å². The number of pyridine rings is 1. The van der Waals surface area contributed by atoms with Crippen LogP contribution in [-0.4, -0.2) is 82.2 Å². The van der Waals surface area contributed by atoms with Crippen molar-refractivity contribution in [2.45, 2.75) is 50.4 Å². The van der Waals surface area contributed by atoms with Crippen molar-refractivity contribution in [3.05, 3.63) is 47.7 Å². The van der Waals surface area contributed by atoms with Gasteiger partial charge in [0, 0.05) is 36.7 Å². The fraction of sp³-hybridized carbons (Fsp3) is 0.424. The summed E-state index contributed by atoms with van der Waals surface area (Å²) in [4.78, 5) is 17.9. The SMILES string of the molecule is C#Cc1c(F)ccc2cc(O)cc(-c3ncc4c(N5CCOC[C@H]5CC)nc(OC[C@@]56CCCN5C[C@H](F)C6)nc4c3F)c12.